The summed E-state index contributed by atoms with van der Waals surface area (Å²) in [5.74, 6) is 3.51. The largest absolute Gasteiger partial charge is 0.423 e. The molecule has 0 atom stereocenters. The SMILES string of the molecule is CCCC1CCC(C2CCC(c3ccc(C(=O)Oc4cccc(C#N)c4)cc3)CC2)CC1. The Morgan fingerprint density at radius 1 is 0.938 bits per heavy atom. The third-order valence-electron chi connectivity index (χ3n) is 7.82. The predicted molar refractivity (Wildman–Crippen MR) is 128 cm³/mol. The van der Waals surface area contributed by atoms with E-state index in [0.717, 1.165) is 17.8 Å². The van der Waals surface area contributed by atoms with E-state index in [0.29, 0.717) is 22.8 Å². The maximum absolute atomic E-state index is 12.5. The Hall–Kier alpha value is -2.60. The lowest BCUT2D eigenvalue weighted by Gasteiger charge is -2.38. The highest BCUT2D eigenvalue weighted by atomic mass is 16.5. The lowest BCUT2D eigenvalue weighted by molar-refractivity contribution is 0.0734. The van der Waals surface area contributed by atoms with Gasteiger partial charge in [-0.25, -0.2) is 4.79 Å². The van der Waals surface area contributed by atoms with Crippen LogP contribution in [-0.2, 0) is 0 Å². The van der Waals surface area contributed by atoms with Crippen LogP contribution in [0.1, 0.15) is 98.5 Å². The molecule has 2 fully saturated rings. The van der Waals surface area contributed by atoms with Gasteiger partial charge in [0.05, 0.1) is 17.2 Å². The van der Waals surface area contributed by atoms with Crippen molar-refractivity contribution in [2.75, 3.05) is 0 Å². The van der Waals surface area contributed by atoms with Gasteiger partial charge >= 0.3 is 5.97 Å². The van der Waals surface area contributed by atoms with Gasteiger partial charge in [0.1, 0.15) is 5.75 Å². The lowest BCUT2D eigenvalue weighted by atomic mass is 9.68. The highest BCUT2D eigenvalue weighted by Crippen LogP contribution is 2.44. The van der Waals surface area contributed by atoms with Crippen molar-refractivity contribution in [2.45, 2.75) is 77.0 Å². The van der Waals surface area contributed by atoms with E-state index in [2.05, 4.69) is 25.1 Å². The van der Waals surface area contributed by atoms with Crippen LogP contribution in [0.2, 0.25) is 0 Å². The third kappa shape index (κ3) is 5.60. The van der Waals surface area contributed by atoms with E-state index in [1.54, 1.807) is 24.3 Å². The maximum Gasteiger partial charge on any atom is 0.343 e. The molecule has 2 aliphatic carbocycles. The monoisotopic (exact) mass is 429 g/mol. The van der Waals surface area contributed by atoms with Crippen LogP contribution in [0.25, 0.3) is 0 Å². The highest BCUT2D eigenvalue weighted by Gasteiger charge is 2.31. The number of rotatable bonds is 6. The summed E-state index contributed by atoms with van der Waals surface area (Å²) < 4.78 is 5.44. The fourth-order valence-corrected chi connectivity index (χ4v) is 5.97. The summed E-state index contributed by atoms with van der Waals surface area (Å²) in [7, 11) is 0. The Kier molecular flexibility index (Phi) is 7.63. The fraction of sp³-hybridized carbons (Fsp3) is 0.517. The van der Waals surface area contributed by atoms with E-state index in [1.165, 1.54) is 69.8 Å². The van der Waals surface area contributed by atoms with E-state index in [4.69, 9.17) is 10.00 Å². The molecule has 2 aromatic carbocycles. The Balaban J connectivity index is 1.27. The van der Waals surface area contributed by atoms with Crippen molar-refractivity contribution in [3.63, 3.8) is 0 Å². The van der Waals surface area contributed by atoms with E-state index in [-0.39, 0.29) is 5.97 Å². The van der Waals surface area contributed by atoms with Gasteiger partial charge in [-0.05, 0) is 98.1 Å². The predicted octanol–water partition coefficient (Wildman–Crippen LogP) is 7.66. The molecule has 0 amide bonds. The van der Waals surface area contributed by atoms with E-state index in [9.17, 15) is 4.79 Å². The normalized spacial score (nSPS) is 25.6. The summed E-state index contributed by atoms with van der Waals surface area (Å²) in [4.78, 5) is 12.5. The minimum absolute atomic E-state index is 0.381. The molecule has 0 bridgehead atoms. The van der Waals surface area contributed by atoms with Crippen LogP contribution in [0.5, 0.6) is 5.75 Å². The molecule has 3 nitrogen and oxygen atoms in total. The molecule has 3 heteroatoms. The zero-order valence-corrected chi connectivity index (χ0v) is 19.3. The molecule has 0 heterocycles. The summed E-state index contributed by atoms with van der Waals surface area (Å²) in [5, 5.41) is 9.00. The first-order valence-corrected chi connectivity index (χ1v) is 12.5. The van der Waals surface area contributed by atoms with Crippen LogP contribution in [0, 0.1) is 29.1 Å². The minimum atomic E-state index is -0.381. The second kappa shape index (κ2) is 10.8. The molecule has 0 aliphatic heterocycles. The Morgan fingerprint density at radius 3 is 2.22 bits per heavy atom. The van der Waals surface area contributed by atoms with Gasteiger partial charge in [0.2, 0.25) is 0 Å². The number of hydrogen-bond acceptors (Lipinski definition) is 3. The topological polar surface area (TPSA) is 50.1 Å². The molecule has 32 heavy (non-hydrogen) atoms. The summed E-state index contributed by atoms with van der Waals surface area (Å²) in [5.41, 5.74) is 2.38. The molecule has 168 valence electrons. The first-order valence-electron chi connectivity index (χ1n) is 12.5. The van der Waals surface area contributed by atoms with Crippen molar-refractivity contribution in [3.8, 4) is 11.8 Å². The summed E-state index contributed by atoms with van der Waals surface area (Å²) in [6.45, 7) is 2.32. The third-order valence-corrected chi connectivity index (χ3v) is 7.82. The number of ether oxygens (including phenoxy) is 1. The lowest BCUT2D eigenvalue weighted by Crippen LogP contribution is -2.25. The standard InChI is InChI=1S/C29H35NO2/c1-2-4-21-7-9-23(10-8-21)24-11-13-25(14-12-24)26-15-17-27(18-16-26)29(31)32-28-6-3-5-22(19-28)20-30/h3,5-6,15-19,21,23-25H,2,4,7-14H2,1H3. The minimum Gasteiger partial charge on any atom is -0.423 e. The van der Waals surface area contributed by atoms with Crippen molar-refractivity contribution >= 4 is 5.97 Å². The van der Waals surface area contributed by atoms with Crippen molar-refractivity contribution in [3.05, 3.63) is 65.2 Å². The van der Waals surface area contributed by atoms with Crippen LogP contribution < -0.4 is 4.74 Å². The fourth-order valence-electron chi connectivity index (χ4n) is 5.97. The number of carbonyl (C=O) groups is 1. The number of nitriles is 1. The number of nitrogens with zero attached hydrogens (tertiary/aromatic N) is 1. The number of carbonyl (C=O) groups excluding carboxylic acids is 1. The van der Waals surface area contributed by atoms with Crippen molar-refractivity contribution in [2.24, 2.45) is 17.8 Å². The summed E-state index contributed by atoms with van der Waals surface area (Å²) in [6, 6.07) is 16.7. The molecule has 0 saturated heterocycles. The van der Waals surface area contributed by atoms with Crippen molar-refractivity contribution < 1.29 is 9.53 Å². The average molecular weight is 430 g/mol. The van der Waals surface area contributed by atoms with Crippen molar-refractivity contribution in [1.29, 1.82) is 5.26 Å². The van der Waals surface area contributed by atoms with Crippen LogP contribution in [0.15, 0.2) is 48.5 Å². The molecular formula is C29H35NO2. The first-order chi connectivity index (χ1) is 15.7. The smallest absolute Gasteiger partial charge is 0.343 e. The number of esters is 1. The van der Waals surface area contributed by atoms with E-state index < -0.39 is 0 Å². The van der Waals surface area contributed by atoms with Crippen LogP contribution in [0.3, 0.4) is 0 Å². The van der Waals surface area contributed by atoms with Gasteiger partial charge in [0.15, 0.2) is 0 Å². The Morgan fingerprint density at radius 2 is 1.59 bits per heavy atom. The summed E-state index contributed by atoms with van der Waals surface area (Å²) in [6.07, 6.45) is 13.8. The molecule has 0 aromatic heterocycles. The molecule has 2 saturated carbocycles. The van der Waals surface area contributed by atoms with Crippen LogP contribution >= 0.6 is 0 Å². The molecule has 0 unspecified atom stereocenters. The molecule has 4 rings (SSSR count). The first kappa shape index (κ1) is 22.6. The number of benzene rings is 2. The quantitative estimate of drug-likeness (QED) is 0.350. The maximum atomic E-state index is 12.5. The van der Waals surface area contributed by atoms with E-state index in [1.807, 2.05) is 12.1 Å². The summed E-state index contributed by atoms with van der Waals surface area (Å²) >= 11 is 0. The van der Waals surface area contributed by atoms with Gasteiger partial charge in [0, 0.05) is 0 Å². The van der Waals surface area contributed by atoms with Crippen LogP contribution in [0.4, 0.5) is 0 Å². The molecule has 0 spiro atoms. The molecule has 2 aliphatic rings. The molecule has 2 aromatic rings. The van der Waals surface area contributed by atoms with E-state index >= 15 is 0 Å². The second-order valence-electron chi connectivity index (χ2n) is 9.83. The molecule has 0 radical (unpaired) electrons. The highest BCUT2D eigenvalue weighted by molar-refractivity contribution is 5.91. The van der Waals surface area contributed by atoms with Crippen LogP contribution in [-0.4, -0.2) is 5.97 Å². The molecular weight excluding hydrogens is 394 g/mol. The van der Waals surface area contributed by atoms with Gasteiger partial charge in [-0.2, -0.15) is 5.26 Å². The number of hydrogen-bond donors (Lipinski definition) is 0. The molecule has 0 N–H and O–H groups in total. The second-order valence-corrected chi connectivity index (χ2v) is 9.83. The van der Waals surface area contributed by atoms with Crippen molar-refractivity contribution in [1.82, 2.24) is 0 Å². The Bertz CT molecular complexity index is 926. The van der Waals surface area contributed by atoms with Gasteiger partial charge in [0.25, 0.3) is 0 Å². The van der Waals surface area contributed by atoms with Gasteiger partial charge in [-0.1, -0.05) is 50.8 Å². The Labute approximate surface area is 192 Å². The zero-order chi connectivity index (χ0) is 22.3. The van der Waals surface area contributed by atoms with Gasteiger partial charge < -0.3 is 4.74 Å². The zero-order valence-electron chi connectivity index (χ0n) is 19.3. The average Bonchev–Trinajstić information content (AvgIpc) is 2.85. The van der Waals surface area contributed by atoms with Gasteiger partial charge in [-0.3, -0.25) is 0 Å². The van der Waals surface area contributed by atoms with Gasteiger partial charge in [-0.15, -0.1) is 0 Å².